The Labute approximate surface area is 134 Å². The Morgan fingerprint density at radius 1 is 1.13 bits per heavy atom. The van der Waals surface area contributed by atoms with Gasteiger partial charge in [0.25, 0.3) is 0 Å². The molecule has 0 bridgehead atoms. The van der Waals surface area contributed by atoms with Gasteiger partial charge in [0, 0.05) is 12.2 Å². The third kappa shape index (κ3) is 3.85. The Hall–Kier alpha value is -2.89. The first kappa shape index (κ1) is 15.0. The van der Waals surface area contributed by atoms with Gasteiger partial charge < -0.3 is 24.8 Å². The number of carbonyl (C=O) groups excluding carboxylic acids is 1. The molecule has 0 spiro atoms. The number of anilines is 1. The molecule has 23 heavy (non-hydrogen) atoms. The number of ether oxygens (including phenoxy) is 3. The highest BCUT2D eigenvalue weighted by atomic mass is 16.7. The summed E-state index contributed by atoms with van der Waals surface area (Å²) in [4.78, 5) is 11.8. The fourth-order valence-electron chi connectivity index (χ4n) is 2.27. The molecule has 0 radical (unpaired) electrons. The van der Waals surface area contributed by atoms with E-state index in [4.69, 9.17) is 14.2 Å². The molecule has 0 unspecified atom stereocenters. The topological polar surface area (TPSA) is 68.8 Å². The van der Waals surface area contributed by atoms with E-state index in [1.54, 1.807) is 31.4 Å². The van der Waals surface area contributed by atoms with Gasteiger partial charge in [-0.2, -0.15) is 0 Å². The van der Waals surface area contributed by atoms with Gasteiger partial charge in [0.1, 0.15) is 5.75 Å². The van der Waals surface area contributed by atoms with Crippen molar-refractivity contribution in [1.29, 1.82) is 0 Å². The van der Waals surface area contributed by atoms with Gasteiger partial charge in [0.15, 0.2) is 11.5 Å². The van der Waals surface area contributed by atoms with Crippen molar-refractivity contribution in [3.63, 3.8) is 0 Å². The fraction of sp³-hybridized carbons (Fsp3) is 0.235. The van der Waals surface area contributed by atoms with Crippen LogP contribution in [0.15, 0.2) is 42.5 Å². The second kappa shape index (κ2) is 6.91. The average molecular weight is 314 g/mol. The number of nitrogens with one attached hydrogen (secondary N) is 2. The number of urea groups is 1. The van der Waals surface area contributed by atoms with Gasteiger partial charge >= 0.3 is 6.03 Å². The number of benzene rings is 2. The third-order valence-electron chi connectivity index (χ3n) is 3.48. The summed E-state index contributed by atoms with van der Waals surface area (Å²) in [5.74, 6) is 2.27. The Kier molecular flexibility index (Phi) is 4.52. The number of carbonyl (C=O) groups is 1. The highest BCUT2D eigenvalue weighted by Crippen LogP contribution is 2.32. The lowest BCUT2D eigenvalue weighted by atomic mass is 10.1. The summed E-state index contributed by atoms with van der Waals surface area (Å²) in [5.41, 5.74) is 1.80. The lowest BCUT2D eigenvalue weighted by Crippen LogP contribution is -2.30. The maximum absolute atomic E-state index is 11.8. The number of methoxy groups -OCH3 is 1. The lowest BCUT2D eigenvalue weighted by Gasteiger charge is -2.08. The van der Waals surface area contributed by atoms with Crippen LogP contribution in [-0.2, 0) is 6.42 Å². The van der Waals surface area contributed by atoms with E-state index in [1.165, 1.54) is 0 Å². The van der Waals surface area contributed by atoms with Crippen molar-refractivity contribution in [2.45, 2.75) is 6.42 Å². The summed E-state index contributed by atoms with van der Waals surface area (Å²) < 4.78 is 15.7. The highest BCUT2D eigenvalue weighted by molar-refractivity contribution is 5.89. The van der Waals surface area contributed by atoms with Crippen molar-refractivity contribution in [2.24, 2.45) is 0 Å². The molecule has 120 valence electrons. The predicted molar refractivity (Wildman–Crippen MR) is 86.3 cm³/mol. The predicted octanol–water partition coefficient (Wildman–Crippen LogP) is 2.79. The van der Waals surface area contributed by atoms with E-state index < -0.39 is 0 Å². The largest absolute Gasteiger partial charge is 0.497 e. The molecular weight excluding hydrogens is 296 g/mol. The van der Waals surface area contributed by atoms with Crippen LogP contribution < -0.4 is 24.8 Å². The second-order valence-corrected chi connectivity index (χ2v) is 5.05. The number of fused-ring (bicyclic) bond motifs is 1. The van der Waals surface area contributed by atoms with E-state index in [2.05, 4.69) is 10.6 Å². The number of rotatable bonds is 5. The third-order valence-corrected chi connectivity index (χ3v) is 3.48. The molecule has 2 N–H and O–H groups in total. The van der Waals surface area contributed by atoms with Gasteiger partial charge in [-0.05, 0) is 48.4 Å². The van der Waals surface area contributed by atoms with Crippen LogP contribution in [-0.4, -0.2) is 26.5 Å². The molecule has 0 fully saturated rings. The van der Waals surface area contributed by atoms with Crippen LogP contribution in [0.2, 0.25) is 0 Å². The smallest absolute Gasteiger partial charge is 0.319 e. The standard InChI is InChI=1S/C17H18N2O4/c1-21-14-5-3-13(4-6-14)19-17(20)18-9-8-12-2-7-15-16(10-12)23-11-22-15/h2-7,10H,8-9,11H2,1H3,(H2,18,19,20). The number of hydrogen-bond donors (Lipinski definition) is 2. The van der Waals surface area contributed by atoms with E-state index in [0.717, 1.165) is 22.8 Å². The van der Waals surface area contributed by atoms with Crippen molar-refractivity contribution in [1.82, 2.24) is 5.32 Å². The van der Waals surface area contributed by atoms with Crippen molar-refractivity contribution < 1.29 is 19.0 Å². The minimum atomic E-state index is -0.240. The zero-order chi connectivity index (χ0) is 16.1. The van der Waals surface area contributed by atoms with Crippen LogP contribution >= 0.6 is 0 Å². The quantitative estimate of drug-likeness (QED) is 0.890. The Bertz CT molecular complexity index is 685. The van der Waals surface area contributed by atoms with E-state index in [1.807, 2.05) is 18.2 Å². The number of amides is 2. The highest BCUT2D eigenvalue weighted by Gasteiger charge is 2.13. The zero-order valence-corrected chi connectivity index (χ0v) is 12.8. The maximum Gasteiger partial charge on any atom is 0.319 e. The van der Waals surface area contributed by atoms with Crippen LogP contribution in [0.5, 0.6) is 17.2 Å². The summed E-state index contributed by atoms with van der Waals surface area (Å²) in [6.07, 6.45) is 0.715. The van der Waals surface area contributed by atoms with Gasteiger partial charge in [-0.3, -0.25) is 0 Å². The summed E-state index contributed by atoms with van der Waals surface area (Å²) in [6, 6.07) is 12.7. The van der Waals surface area contributed by atoms with E-state index >= 15 is 0 Å². The van der Waals surface area contributed by atoms with Crippen LogP contribution in [0.25, 0.3) is 0 Å². The molecule has 3 rings (SSSR count). The summed E-state index contributed by atoms with van der Waals surface area (Å²) in [6.45, 7) is 0.795. The minimum Gasteiger partial charge on any atom is -0.497 e. The maximum atomic E-state index is 11.8. The Morgan fingerprint density at radius 2 is 1.91 bits per heavy atom. The summed E-state index contributed by atoms with van der Waals surface area (Å²) >= 11 is 0. The van der Waals surface area contributed by atoms with E-state index in [-0.39, 0.29) is 12.8 Å². The Morgan fingerprint density at radius 3 is 2.70 bits per heavy atom. The normalized spacial score (nSPS) is 11.9. The average Bonchev–Trinajstić information content (AvgIpc) is 3.03. The van der Waals surface area contributed by atoms with Crippen LogP contribution in [0, 0.1) is 0 Å². The molecule has 0 atom stereocenters. The molecule has 1 aliphatic heterocycles. The lowest BCUT2D eigenvalue weighted by molar-refractivity contribution is 0.174. The minimum absolute atomic E-state index is 0.240. The monoisotopic (exact) mass is 314 g/mol. The van der Waals surface area contributed by atoms with Gasteiger partial charge in [0.2, 0.25) is 6.79 Å². The first-order chi connectivity index (χ1) is 11.2. The Balaban J connectivity index is 1.45. The number of hydrogen-bond acceptors (Lipinski definition) is 4. The molecule has 1 heterocycles. The molecule has 0 aliphatic carbocycles. The van der Waals surface area contributed by atoms with Gasteiger partial charge in [-0.25, -0.2) is 4.79 Å². The van der Waals surface area contributed by atoms with Crippen LogP contribution in [0.3, 0.4) is 0 Å². The molecule has 6 heteroatoms. The van der Waals surface area contributed by atoms with Crippen LogP contribution in [0.1, 0.15) is 5.56 Å². The van der Waals surface area contributed by atoms with Gasteiger partial charge in [-0.1, -0.05) is 6.07 Å². The molecule has 6 nitrogen and oxygen atoms in total. The summed E-state index contributed by atoms with van der Waals surface area (Å²) in [7, 11) is 1.60. The SMILES string of the molecule is COc1ccc(NC(=O)NCCc2ccc3c(c2)OCO3)cc1. The molecule has 0 saturated heterocycles. The molecule has 0 aromatic heterocycles. The van der Waals surface area contributed by atoms with Gasteiger partial charge in [0.05, 0.1) is 7.11 Å². The van der Waals surface area contributed by atoms with Crippen molar-refractivity contribution in [3.8, 4) is 17.2 Å². The summed E-state index contributed by atoms with van der Waals surface area (Å²) in [5, 5.41) is 5.59. The first-order valence-electron chi connectivity index (χ1n) is 7.32. The van der Waals surface area contributed by atoms with Crippen molar-refractivity contribution >= 4 is 11.7 Å². The molecule has 2 amide bonds. The first-order valence-corrected chi connectivity index (χ1v) is 7.32. The molecular formula is C17H18N2O4. The van der Waals surface area contributed by atoms with Crippen molar-refractivity contribution in [3.05, 3.63) is 48.0 Å². The molecule has 2 aromatic carbocycles. The molecule has 0 saturated carbocycles. The second-order valence-electron chi connectivity index (χ2n) is 5.05. The molecule has 1 aliphatic rings. The van der Waals surface area contributed by atoms with E-state index in [9.17, 15) is 4.79 Å². The van der Waals surface area contributed by atoms with Crippen molar-refractivity contribution in [2.75, 3.05) is 25.8 Å². The van der Waals surface area contributed by atoms with E-state index in [0.29, 0.717) is 18.7 Å². The zero-order valence-electron chi connectivity index (χ0n) is 12.8. The fourth-order valence-corrected chi connectivity index (χ4v) is 2.27. The van der Waals surface area contributed by atoms with Crippen LogP contribution in [0.4, 0.5) is 10.5 Å². The molecule has 2 aromatic rings. The van der Waals surface area contributed by atoms with Gasteiger partial charge in [-0.15, -0.1) is 0 Å².